The van der Waals surface area contributed by atoms with E-state index in [-0.39, 0.29) is 49.3 Å². The minimum atomic E-state index is -1.86. The number of cyclic esters (lactones) is 1. The molecule has 3 saturated heterocycles. The van der Waals surface area contributed by atoms with Crippen molar-refractivity contribution in [2.24, 2.45) is 17.8 Å². The summed E-state index contributed by atoms with van der Waals surface area (Å²) >= 11 is 0. The molecule has 1 aromatic rings. The summed E-state index contributed by atoms with van der Waals surface area (Å²) in [6.07, 6.45) is -7.51. The molecule has 0 amide bonds. The van der Waals surface area contributed by atoms with Gasteiger partial charge in [0.2, 0.25) is 0 Å². The smallest absolute Gasteiger partial charge is 0.311 e. The van der Waals surface area contributed by atoms with Gasteiger partial charge in [-0.05, 0) is 106 Å². The fourth-order valence-electron chi connectivity index (χ4n) is 9.98. The summed E-state index contributed by atoms with van der Waals surface area (Å²) in [6, 6.07) is 4.98. The molecule has 3 fully saturated rings. The fraction of sp³-hybridized carbons (Fsp3) is 0.848. The second-order valence-corrected chi connectivity index (χ2v) is 19.4. The van der Waals surface area contributed by atoms with Gasteiger partial charge < -0.3 is 69.5 Å². The minimum Gasteiger partial charge on any atom is -0.476 e. The van der Waals surface area contributed by atoms with Crippen LogP contribution in [-0.4, -0.2) is 155 Å². The predicted molar refractivity (Wildman–Crippen MR) is 239 cm³/mol. The summed E-state index contributed by atoms with van der Waals surface area (Å²) in [5.41, 5.74) is -6.45. The summed E-state index contributed by atoms with van der Waals surface area (Å²) in [5, 5.41) is 70.2. The van der Waals surface area contributed by atoms with Crippen molar-refractivity contribution in [3.8, 4) is 5.75 Å². The molecule has 0 aliphatic carbocycles. The molecule has 3 aliphatic heterocycles. The number of ether oxygens (including phenoxy) is 7. The van der Waals surface area contributed by atoms with Crippen molar-refractivity contribution in [3.63, 3.8) is 0 Å². The van der Waals surface area contributed by atoms with E-state index in [4.69, 9.17) is 33.2 Å². The van der Waals surface area contributed by atoms with Crippen LogP contribution >= 0.6 is 0 Å². The molecule has 4 rings (SSSR count). The zero-order chi connectivity index (χ0) is 47.9. The van der Waals surface area contributed by atoms with Crippen LogP contribution in [0.1, 0.15) is 108 Å². The number of nitro benzene ring substituents is 1. The zero-order valence-electron chi connectivity index (χ0n) is 40.4. The van der Waals surface area contributed by atoms with E-state index in [0.29, 0.717) is 19.5 Å². The monoisotopic (exact) mass is 913 g/mol. The number of likely N-dealkylation sites (N-methyl/N-ethyl adjacent to an activating group) is 1. The van der Waals surface area contributed by atoms with Gasteiger partial charge in [-0.15, -0.1) is 0 Å². The molecule has 64 heavy (non-hydrogen) atoms. The van der Waals surface area contributed by atoms with E-state index in [1.807, 2.05) is 20.8 Å². The average Bonchev–Trinajstić information content (AvgIpc) is 3.24. The molecule has 3 heterocycles. The number of aliphatic hydroxyl groups excluding tert-OH is 1. The van der Waals surface area contributed by atoms with Gasteiger partial charge in [0.1, 0.15) is 29.0 Å². The molecular formula is C46H80N4O14. The number of carbonyl (C=O) groups is 1. The lowest BCUT2D eigenvalue weighted by molar-refractivity contribution is -0.386. The van der Waals surface area contributed by atoms with Crippen LogP contribution in [-0.2, 0) is 33.2 Å². The van der Waals surface area contributed by atoms with Crippen molar-refractivity contribution in [1.29, 1.82) is 0 Å². The number of hydrogen-bond acceptors (Lipinski definition) is 17. The molecule has 18 nitrogen and oxygen atoms in total. The Labute approximate surface area is 379 Å². The van der Waals surface area contributed by atoms with Gasteiger partial charge in [0, 0.05) is 38.1 Å². The van der Waals surface area contributed by atoms with Crippen LogP contribution in [0.2, 0.25) is 0 Å². The molecule has 0 bridgehead atoms. The topological polar surface area (TPSA) is 242 Å². The van der Waals surface area contributed by atoms with E-state index in [1.54, 1.807) is 67.6 Å². The first-order chi connectivity index (χ1) is 29.9. The highest BCUT2D eigenvalue weighted by molar-refractivity contribution is 5.73. The molecule has 0 spiro atoms. The van der Waals surface area contributed by atoms with Crippen molar-refractivity contribution < 1.29 is 63.3 Å². The summed E-state index contributed by atoms with van der Waals surface area (Å²) in [5.74, 6) is -2.95. The highest BCUT2D eigenvalue weighted by Gasteiger charge is 2.58. The van der Waals surface area contributed by atoms with Crippen LogP contribution in [0.3, 0.4) is 0 Å². The lowest BCUT2D eigenvalue weighted by Gasteiger charge is -2.53. The summed E-state index contributed by atoms with van der Waals surface area (Å²) in [4.78, 5) is 26.1. The zero-order valence-corrected chi connectivity index (χ0v) is 40.4. The van der Waals surface area contributed by atoms with Gasteiger partial charge in [-0.2, -0.15) is 0 Å². The molecule has 10 unspecified atom stereocenters. The highest BCUT2D eigenvalue weighted by Crippen LogP contribution is 2.43. The Kier molecular flexibility index (Phi) is 19.0. The number of benzene rings is 1. The average molecular weight is 913 g/mol. The third-order valence-corrected chi connectivity index (χ3v) is 14.1. The third-order valence-electron chi connectivity index (χ3n) is 14.1. The predicted octanol–water partition coefficient (Wildman–Crippen LogP) is 3.58. The Morgan fingerprint density at radius 1 is 0.984 bits per heavy atom. The summed E-state index contributed by atoms with van der Waals surface area (Å²) in [7, 11) is 3.27. The van der Waals surface area contributed by atoms with Gasteiger partial charge in [-0.1, -0.05) is 39.8 Å². The molecular weight excluding hydrogens is 833 g/mol. The number of hydrogen-bond donors (Lipinski definition) is 7. The standard InChI is InChI=1S/C46H80N4O14/c1-14-20-48-25-46(55)31(8)60-36(23-44(46,10)58-13)63-37-28(5)40(64-42-38(32(47-12)21-27(4)59-42)61-34-19-17-16-18-33(34)50(56)57)43(9,53)22-26(3)24-49-30(7)39(51)45(11,54)35(15-2)62-41(52)29(37)6/h16-19,26-32,35-40,42,47-49,51,53-55H,14-15,20-25H2,1-13H3/t26?,27-,28?,29?,30?,31+,32+,35?,36+,37?,38-,39?,40?,42+,43?,44-,45?,46+/m1/s1. The number of nitrogens with zero attached hydrogens (tertiary/aromatic N) is 1. The number of carbonyl (C=O) groups excluding carboxylic acids is 1. The van der Waals surface area contributed by atoms with Crippen molar-refractivity contribution >= 4 is 11.7 Å². The quantitative estimate of drug-likeness (QED) is 0.0611. The first kappa shape index (κ1) is 54.0. The molecule has 18 atom stereocenters. The molecule has 18 heteroatoms. The van der Waals surface area contributed by atoms with Crippen molar-refractivity contribution in [2.75, 3.05) is 33.8 Å². The number of methoxy groups -OCH3 is 1. The lowest BCUT2D eigenvalue weighted by Crippen LogP contribution is -2.70. The molecule has 3 aliphatic rings. The summed E-state index contributed by atoms with van der Waals surface area (Å²) in [6.45, 7) is 20.5. The number of para-hydroxylation sites is 2. The Bertz CT molecular complexity index is 1660. The van der Waals surface area contributed by atoms with Crippen LogP contribution in [0.25, 0.3) is 0 Å². The van der Waals surface area contributed by atoms with Gasteiger partial charge in [0.15, 0.2) is 24.4 Å². The van der Waals surface area contributed by atoms with Crippen LogP contribution in [0.4, 0.5) is 5.69 Å². The highest BCUT2D eigenvalue weighted by atomic mass is 16.7. The largest absolute Gasteiger partial charge is 0.476 e. The normalized spacial score (nSPS) is 43.1. The molecule has 0 aromatic heterocycles. The number of aliphatic hydroxyl groups is 4. The van der Waals surface area contributed by atoms with Crippen LogP contribution < -0.4 is 20.7 Å². The van der Waals surface area contributed by atoms with E-state index >= 15 is 0 Å². The van der Waals surface area contributed by atoms with Gasteiger partial charge in [-0.3, -0.25) is 14.9 Å². The second kappa shape index (κ2) is 22.5. The molecule has 0 radical (unpaired) electrons. The Morgan fingerprint density at radius 3 is 2.27 bits per heavy atom. The molecule has 1 aromatic carbocycles. The number of nitro groups is 1. The van der Waals surface area contributed by atoms with Crippen molar-refractivity contribution in [3.05, 3.63) is 34.4 Å². The van der Waals surface area contributed by atoms with E-state index < -0.39 is 106 Å². The van der Waals surface area contributed by atoms with E-state index in [1.165, 1.54) is 26.2 Å². The SMILES string of the molecule is CCCNC[C@]1(O)[C@H](C)O[C@@H](OC2C(C)C(=O)OC(CC)C(C)(O)C(O)C(C)NCC(C)CC(C)(O)C(O[C@@H]3O[C@H](C)C[C@H](NC)[C@H]3Oc3ccccc3[N+](=O)[O-])C2C)C[C@@]1(C)OC. The van der Waals surface area contributed by atoms with Gasteiger partial charge in [0.25, 0.3) is 0 Å². The fourth-order valence-corrected chi connectivity index (χ4v) is 9.98. The third kappa shape index (κ3) is 12.1. The van der Waals surface area contributed by atoms with Crippen molar-refractivity contribution in [1.82, 2.24) is 16.0 Å². The minimum absolute atomic E-state index is 0.0101. The van der Waals surface area contributed by atoms with E-state index in [9.17, 15) is 35.3 Å². The number of rotatable bonds is 14. The lowest BCUT2D eigenvalue weighted by atomic mass is 9.75. The Hall–Kier alpha value is -2.59. The van der Waals surface area contributed by atoms with E-state index in [2.05, 4.69) is 16.0 Å². The summed E-state index contributed by atoms with van der Waals surface area (Å²) < 4.78 is 45.5. The first-order valence-electron chi connectivity index (χ1n) is 23.1. The number of esters is 1. The first-order valence-corrected chi connectivity index (χ1v) is 23.1. The Morgan fingerprint density at radius 2 is 1.66 bits per heavy atom. The van der Waals surface area contributed by atoms with Crippen LogP contribution in [0.5, 0.6) is 5.75 Å². The van der Waals surface area contributed by atoms with E-state index in [0.717, 1.165) is 6.42 Å². The van der Waals surface area contributed by atoms with Crippen LogP contribution in [0, 0.1) is 27.9 Å². The maximum absolute atomic E-state index is 14.5. The maximum Gasteiger partial charge on any atom is 0.311 e. The maximum atomic E-state index is 14.5. The molecule has 368 valence electrons. The van der Waals surface area contributed by atoms with Gasteiger partial charge in [0.05, 0.1) is 46.9 Å². The van der Waals surface area contributed by atoms with Crippen molar-refractivity contribution in [2.45, 2.75) is 198 Å². The Balaban J connectivity index is 1.87. The van der Waals surface area contributed by atoms with Gasteiger partial charge >= 0.3 is 11.7 Å². The second-order valence-electron chi connectivity index (χ2n) is 19.4. The molecule has 0 saturated carbocycles. The number of nitrogens with one attached hydrogen (secondary N) is 3. The van der Waals surface area contributed by atoms with Crippen LogP contribution in [0.15, 0.2) is 24.3 Å². The molecule has 7 N–H and O–H groups in total. The van der Waals surface area contributed by atoms with Gasteiger partial charge in [-0.25, -0.2) is 0 Å².